The summed E-state index contributed by atoms with van der Waals surface area (Å²) in [5.41, 5.74) is 4.54. The summed E-state index contributed by atoms with van der Waals surface area (Å²) in [5, 5.41) is 3.04. The summed E-state index contributed by atoms with van der Waals surface area (Å²) >= 11 is 0. The van der Waals surface area contributed by atoms with Gasteiger partial charge in [-0.2, -0.15) is 0 Å². The summed E-state index contributed by atoms with van der Waals surface area (Å²) in [6, 6.07) is 14.5. The van der Waals surface area contributed by atoms with Crippen LogP contribution in [-0.2, 0) is 17.8 Å². The number of rotatable bonds is 9. The molecule has 0 spiro atoms. The summed E-state index contributed by atoms with van der Waals surface area (Å²) in [6.07, 6.45) is 3.81. The maximum absolute atomic E-state index is 11.8. The molecule has 1 aliphatic rings. The molecule has 0 aliphatic heterocycles. The molecule has 1 heterocycles. The molecule has 4 rings (SSSR count). The van der Waals surface area contributed by atoms with Gasteiger partial charge in [-0.25, -0.2) is 4.98 Å². The van der Waals surface area contributed by atoms with Gasteiger partial charge in [0.1, 0.15) is 18.2 Å². The summed E-state index contributed by atoms with van der Waals surface area (Å²) in [4.78, 5) is 16.6. The molecule has 152 valence electrons. The van der Waals surface area contributed by atoms with E-state index in [1.165, 1.54) is 5.56 Å². The fourth-order valence-electron chi connectivity index (χ4n) is 3.72. The maximum Gasteiger partial charge on any atom is 0.223 e. The Balaban J connectivity index is 1.39. The zero-order valence-corrected chi connectivity index (χ0v) is 17.3. The first-order valence-corrected chi connectivity index (χ1v) is 10.5. The molecule has 0 atom stereocenters. The molecule has 1 aliphatic carbocycles. The van der Waals surface area contributed by atoms with Gasteiger partial charge in [0.15, 0.2) is 0 Å². The van der Waals surface area contributed by atoms with E-state index in [4.69, 9.17) is 9.72 Å². The van der Waals surface area contributed by atoms with Crippen molar-refractivity contribution in [3.05, 3.63) is 59.4 Å². The number of hydrogen-bond acceptors (Lipinski definition) is 3. The van der Waals surface area contributed by atoms with E-state index >= 15 is 0 Å². The van der Waals surface area contributed by atoms with Crippen LogP contribution in [0.25, 0.3) is 11.0 Å². The van der Waals surface area contributed by atoms with Gasteiger partial charge in [0, 0.05) is 18.9 Å². The molecular formula is C24H29N3O2. The SMILES string of the molecule is Cc1ccc(OCCn2c(CCCNC(=O)C3CC3)nc3ccccc32)c(C)c1. The minimum absolute atomic E-state index is 0.209. The van der Waals surface area contributed by atoms with Crippen molar-refractivity contribution in [1.29, 1.82) is 0 Å². The zero-order chi connectivity index (χ0) is 20.2. The Bertz CT molecular complexity index is 1000. The number of amides is 1. The van der Waals surface area contributed by atoms with Crippen LogP contribution in [0.1, 0.15) is 36.2 Å². The number of para-hydroxylation sites is 2. The van der Waals surface area contributed by atoms with Gasteiger partial charge in [-0.3, -0.25) is 4.79 Å². The second-order valence-electron chi connectivity index (χ2n) is 7.95. The van der Waals surface area contributed by atoms with E-state index in [0.29, 0.717) is 13.2 Å². The standard InChI is InChI=1S/C24H29N3O2/c1-17-9-12-22(18(2)16-17)29-15-14-27-21-7-4-3-6-20(21)26-23(27)8-5-13-25-24(28)19-10-11-19/h3-4,6-7,9,12,16,19H,5,8,10-11,13-15H2,1-2H3,(H,25,28). The number of aryl methyl sites for hydroxylation is 3. The predicted molar refractivity (Wildman–Crippen MR) is 115 cm³/mol. The third-order valence-electron chi connectivity index (χ3n) is 5.46. The predicted octanol–water partition coefficient (Wildman–Crippen LogP) is 4.19. The third-order valence-corrected chi connectivity index (χ3v) is 5.46. The van der Waals surface area contributed by atoms with Crippen LogP contribution in [0.5, 0.6) is 5.75 Å². The number of hydrogen-bond donors (Lipinski definition) is 1. The normalized spacial score (nSPS) is 13.6. The molecule has 5 nitrogen and oxygen atoms in total. The number of nitrogens with zero attached hydrogens (tertiary/aromatic N) is 2. The van der Waals surface area contributed by atoms with Crippen molar-refractivity contribution in [2.24, 2.45) is 5.92 Å². The number of imidazole rings is 1. The molecule has 0 unspecified atom stereocenters. The lowest BCUT2D eigenvalue weighted by atomic mass is 10.1. The van der Waals surface area contributed by atoms with Gasteiger partial charge in [0.2, 0.25) is 5.91 Å². The zero-order valence-electron chi connectivity index (χ0n) is 17.3. The first kappa shape index (κ1) is 19.5. The number of carbonyl (C=O) groups excluding carboxylic acids is 1. The first-order chi connectivity index (χ1) is 14.1. The second-order valence-corrected chi connectivity index (χ2v) is 7.95. The van der Waals surface area contributed by atoms with E-state index in [-0.39, 0.29) is 11.8 Å². The van der Waals surface area contributed by atoms with E-state index in [1.807, 2.05) is 18.2 Å². The minimum atomic E-state index is 0.209. The van der Waals surface area contributed by atoms with E-state index in [2.05, 4.69) is 48.0 Å². The van der Waals surface area contributed by atoms with Crippen molar-refractivity contribution < 1.29 is 9.53 Å². The van der Waals surface area contributed by atoms with Crippen molar-refractivity contribution in [3.63, 3.8) is 0 Å². The summed E-state index contributed by atoms with van der Waals surface area (Å²) in [6.45, 7) is 6.22. The van der Waals surface area contributed by atoms with Crippen LogP contribution in [-0.4, -0.2) is 28.6 Å². The molecule has 1 aromatic heterocycles. The Morgan fingerprint density at radius 2 is 2.03 bits per heavy atom. The van der Waals surface area contributed by atoms with E-state index in [9.17, 15) is 4.79 Å². The maximum atomic E-state index is 11.8. The molecule has 1 fully saturated rings. The molecule has 1 N–H and O–H groups in total. The highest BCUT2D eigenvalue weighted by Crippen LogP contribution is 2.28. The second kappa shape index (κ2) is 8.68. The molecule has 3 aromatic rings. The van der Waals surface area contributed by atoms with Crippen LogP contribution < -0.4 is 10.1 Å². The lowest BCUT2D eigenvalue weighted by molar-refractivity contribution is -0.122. The molecule has 29 heavy (non-hydrogen) atoms. The number of benzene rings is 2. The van der Waals surface area contributed by atoms with Crippen molar-refractivity contribution in [1.82, 2.24) is 14.9 Å². The first-order valence-electron chi connectivity index (χ1n) is 10.5. The van der Waals surface area contributed by atoms with Crippen molar-refractivity contribution in [2.75, 3.05) is 13.2 Å². The van der Waals surface area contributed by atoms with Gasteiger partial charge in [-0.1, -0.05) is 29.8 Å². The average molecular weight is 392 g/mol. The van der Waals surface area contributed by atoms with Crippen LogP contribution in [0.3, 0.4) is 0 Å². The highest BCUT2D eigenvalue weighted by atomic mass is 16.5. The van der Waals surface area contributed by atoms with Crippen molar-refractivity contribution in [2.45, 2.75) is 46.1 Å². The van der Waals surface area contributed by atoms with Crippen molar-refractivity contribution in [3.8, 4) is 5.75 Å². The molecule has 0 bridgehead atoms. The number of fused-ring (bicyclic) bond motifs is 1. The molecule has 1 saturated carbocycles. The minimum Gasteiger partial charge on any atom is -0.491 e. The summed E-state index contributed by atoms with van der Waals surface area (Å²) in [5.74, 6) is 2.46. The van der Waals surface area contributed by atoms with Crippen LogP contribution in [0.4, 0.5) is 0 Å². The van der Waals surface area contributed by atoms with Gasteiger partial charge >= 0.3 is 0 Å². The highest BCUT2D eigenvalue weighted by molar-refractivity contribution is 5.80. The molecule has 0 radical (unpaired) electrons. The Morgan fingerprint density at radius 1 is 1.21 bits per heavy atom. The van der Waals surface area contributed by atoms with E-state index in [0.717, 1.165) is 60.4 Å². The fraction of sp³-hybridized carbons (Fsp3) is 0.417. The fourth-order valence-corrected chi connectivity index (χ4v) is 3.72. The summed E-state index contributed by atoms with van der Waals surface area (Å²) < 4.78 is 8.31. The van der Waals surface area contributed by atoms with Crippen LogP contribution in [0, 0.1) is 19.8 Å². The lowest BCUT2D eigenvalue weighted by Crippen LogP contribution is -2.26. The molecular weight excluding hydrogens is 362 g/mol. The number of nitrogens with one attached hydrogen (secondary N) is 1. The quantitative estimate of drug-likeness (QED) is 0.557. The largest absolute Gasteiger partial charge is 0.491 e. The average Bonchev–Trinajstić information content (AvgIpc) is 3.50. The number of aromatic nitrogens is 2. The highest BCUT2D eigenvalue weighted by Gasteiger charge is 2.29. The van der Waals surface area contributed by atoms with Crippen LogP contribution >= 0.6 is 0 Å². The van der Waals surface area contributed by atoms with Gasteiger partial charge in [0.25, 0.3) is 0 Å². The smallest absolute Gasteiger partial charge is 0.223 e. The molecule has 2 aromatic carbocycles. The summed E-state index contributed by atoms with van der Waals surface area (Å²) in [7, 11) is 0. The molecule has 0 saturated heterocycles. The van der Waals surface area contributed by atoms with E-state index in [1.54, 1.807) is 0 Å². The Labute approximate surface area is 172 Å². The third kappa shape index (κ3) is 4.78. The van der Waals surface area contributed by atoms with Gasteiger partial charge in [-0.05, 0) is 56.9 Å². The van der Waals surface area contributed by atoms with Gasteiger partial charge < -0.3 is 14.6 Å². The Kier molecular flexibility index (Phi) is 5.84. The molecule has 5 heteroatoms. The van der Waals surface area contributed by atoms with Crippen LogP contribution in [0.2, 0.25) is 0 Å². The van der Waals surface area contributed by atoms with E-state index < -0.39 is 0 Å². The topological polar surface area (TPSA) is 56.1 Å². The number of carbonyl (C=O) groups is 1. The van der Waals surface area contributed by atoms with Gasteiger partial charge in [-0.15, -0.1) is 0 Å². The molecule has 1 amide bonds. The number of ether oxygens (including phenoxy) is 1. The lowest BCUT2D eigenvalue weighted by Gasteiger charge is -2.13. The van der Waals surface area contributed by atoms with Gasteiger partial charge in [0.05, 0.1) is 17.6 Å². The van der Waals surface area contributed by atoms with Crippen LogP contribution in [0.15, 0.2) is 42.5 Å². The van der Waals surface area contributed by atoms with Crippen molar-refractivity contribution >= 4 is 16.9 Å². The Morgan fingerprint density at radius 3 is 2.83 bits per heavy atom. The Hall–Kier alpha value is -2.82. The monoisotopic (exact) mass is 391 g/mol.